The smallest absolute Gasteiger partial charge is 0.270 e. The van der Waals surface area contributed by atoms with Crippen LogP contribution in [0.15, 0.2) is 59.4 Å². The molecule has 3 N–H and O–H groups in total. The van der Waals surface area contributed by atoms with Gasteiger partial charge in [-0.1, -0.05) is 31.2 Å². The van der Waals surface area contributed by atoms with Gasteiger partial charge >= 0.3 is 0 Å². The Balaban J connectivity index is 1.69. The fourth-order valence-electron chi connectivity index (χ4n) is 4.12. The summed E-state index contributed by atoms with van der Waals surface area (Å²) in [4.78, 5) is 31.4. The van der Waals surface area contributed by atoms with Crippen LogP contribution in [-0.2, 0) is 5.67 Å². The molecule has 0 bridgehead atoms. The maximum atomic E-state index is 14.2. The maximum absolute atomic E-state index is 14.2. The van der Waals surface area contributed by atoms with Crippen LogP contribution in [0.2, 0.25) is 0 Å². The van der Waals surface area contributed by atoms with Gasteiger partial charge in [0.2, 0.25) is 0 Å². The van der Waals surface area contributed by atoms with Gasteiger partial charge in [0.1, 0.15) is 17.1 Å². The first-order valence-electron chi connectivity index (χ1n) is 12.2. The van der Waals surface area contributed by atoms with Gasteiger partial charge in [-0.25, -0.2) is 9.37 Å². The molecule has 194 valence electrons. The normalized spacial score (nSPS) is 13.4. The van der Waals surface area contributed by atoms with Gasteiger partial charge in [-0.2, -0.15) is 11.3 Å². The molecule has 37 heavy (non-hydrogen) atoms. The second-order valence-corrected chi connectivity index (χ2v) is 10.3. The average Bonchev–Trinajstić information content (AvgIpc) is 3.54. The van der Waals surface area contributed by atoms with E-state index in [4.69, 9.17) is 4.98 Å². The van der Waals surface area contributed by atoms with Gasteiger partial charge in [-0.05, 0) is 61.9 Å². The molecule has 2 amide bonds. The van der Waals surface area contributed by atoms with Crippen LogP contribution >= 0.6 is 11.3 Å². The lowest BCUT2D eigenvalue weighted by atomic mass is 9.97. The summed E-state index contributed by atoms with van der Waals surface area (Å²) in [5.74, 6) is -0.722. The van der Waals surface area contributed by atoms with Crippen LogP contribution in [0.5, 0.6) is 0 Å². The first-order chi connectivity index (χ1) is 17.6. The number of benzene rings is 1. The molecule has 3 aromatic heterocycles. The Kier molecular flexibility index (Phi) is 7.75. The third-order valence-corrected chi connectivity index (χ3v) is 7.08. The van der Waals surface area contributed by atoms with Gasteiger partial charge in [0.05, 0.1) is 24.3 Å². The van der Waals surface area contributed by atoms with Gasteiger partial charge in [-0.15, -0.1) is 0 Å². The zero-order valence-electron chi connectivity index (χ0n) is 21.3. The zero-order valence-corrected chi connectivity index (χ0v) is 22.1. The highest BCUT2D eigenvalue weighted by molar-refractivity contribution is 7.08. The van der Waals surface area contributed by atoms with Gasteiger partial charge < -0.3 is 15.7 Å². The fourth-order valence-corrected chi connectivity index (χ4v) is 4.76. The molecule has 9 heteroatoms. The third-order valence-electron chi connectivity index (χ3n) is 6.40. The van der Waals surface area contributed by atoms with Gasteiger partial charge in [-0.3, -0.25) is 14.0 Å². The molecule has 0 aliphatic heterocycles. The van der Waals surface area contributed by atoms with Crippen molar-refractivity contribution in [1.29, 1.82) is 0 Å². The lowest BCUT2D eigenvalue weighted by molar-refractivity contribution is 0.0906. The fraction of sp³-hybridized carbons (Fsp3) is 0.321. The lowest BCUT2D eigenvalue weighted by Gasteiger charge is -2.18. The van der Waals surface area contributed by atoms with Crippen molar-refractivity contribution in [1.82, 2.24) is 20.0 Å². The Hall–Kier alpha value is -3.56. The van der Waals surface area contributed by atoms with Crippen molar-refractivity contribution in [3.05, 3.63) is 81.8 Å². The number of pyridine rings is 1. The number of fused-ring (bicyclic) bond motifs is 1. The molecule has 4 aromatic rings. The molecular formula is C28H31FN4O3S. The number of nitrogens with one attached hydrogen (secondary N) is 2. The van der Waals surface area contributed by atoms with Gasteiger partial charge in [0, 0.05) is 17.1 Å². The molecule has 0 fully saturated rings. The van der Waals surface area contributed by atoms with E-state index in [1.54, 1.807) is 47.0 Å². The molecule has 0 spiro atoms. The highest BCUT2D eigenvalue weighted by atomic mass is 32.1. The van der Waals surface area contributed by atoms with Crippen LogP contribution < -0.4 is 10.6 Å². The van der Waals surface area contributed by atoms with Crippen molar-refractivity contribution in [3.63, 3.8) is 0 Å². The van der Waals surface area contributed by atoms with E-state index in [1.807, 2.05) is 30.7 Å². The van der Waals surface area contributed by atoms with Crippen molar-refractivity contribution in [2.24, 2.45) is 0 Å². The number of thiophene rings is 1. The first kappa shape index (κ1) is 26.5. The SMILES string of the molecule is CC[C@@H](CO)NC(=O)c1c(-c2ccsc2)nc2c(C(=O)NC(C)c3ccc(C(C)(C)F)cc3)cccn12. The molecule has 0 aliphatic carbocycles. The van der Waals surface area contributed by atoms with E-state index in [1.165, 1.54) is 25.2 Å². The number of hydrogen-bond acceptors (Lipinski definition) is 5. The molecule has 7 nitrogen and oxygen atoms in total. The summed E-state index contributed by atoms with van der Waals surface area (Å²) in [6.45, 7) is 6.56. The first-order valence-corrected chi connectivity index (χ1v) is 13.1. The number of rotatable bonds is 9. The van der Waals surface area contributed by atoms with Crippen molar-refractivity contribution in [2.45, 2.75) is 51.9 Å². The highest BCUT2D eigenvalue weighted by Gasteiger charge is 2.26. The van der Waals surface area contributed by atoms with Crippen LogP contribution in [0.4, 0.5) is 4.39 Å². The van der Waals surface area contributed by atoms with Gasteiger partial charge in [0.15, 0.2) is 5.65 Å². The van der Waals surface area contributed by atoms with Crippen molar-refractivity contribution < 1.29 is 19.1 Å². The van der Waals surface area contributed by atoms with Crippen LogP contribution in [0, 0.1) is 0 Å². The van der Waals surface area contributed by atoms with Crippen LogP contribution in [0.3, 0.4) is 0 Å². The number of carbonyl (C=O) groups excluding carboxylic acids is 2. The lowest BCUT2D eigenvalue weighted by Crippen LogP contribution is -2.37. The number of halogens is 1. The summed E-state index contributed by atoms with van der Waals surface area (Å²) in [6, 6.07) is 11.6. The zero-order chi connectivity index (χ0) is 26.7. The average molecular weight is 523 g/mol. The quantitative estimate of drug-likeness (QED) is 0.279. The number of aliphatic hydroxyl groups excluding tert-OH is 1. The van der Waals surface area contributed by atoms with Crippen molar-refractivity contribution in [2.75, 3.05) is 6.61 Å². The minimum Gasteiger partial charge on any atom is -0.394 e. The second kappa shape index (κ2) is 10.8. The Morgan fingerprint density at radius 1 is 1.14 bits per heavy atom. The topological polar surface area (TPSA) is 95.7 Å². The largest absolute Gasteiger partial charge is 0.394 e. The molecule has 0 saturated carbocycles. The number of hydrogen-bond donors (Lipinski definition) is 3. The standard InChI is InChI=1S/C28H31FN4O3S/c1-5-21(15-34)31-27(36)24-23(19-12-14-37-16-19)32-25-22(7-6-13-33(24)25)26(35)30-17(2)18-8-10-20(11-9-18)28(3,4)29/h6-14,16-17,21,34H,5,15H2,1-4H3,(H,30,35)(H,31,36)/t17?,21-/m0/s1. The highest BCUT2D eigenvalue weighted by Crippen LogP contribution is 2.29. The Labute approximate surface area is 219 Å². The second-order valence-electron chi connectivity index (χ2n) is 9.49. The van der Waals surface area contributed by atoms with E-state index in [0.717, 1.165) is 11.1 Å². The van der Waals surface area contributed by atoms with Crippen LogP contribution in [0.25, 0.3) is 16.9 Å². The van der Waals surface area contributed by atoms with E-state index in [2.05, 4.69) is 10.6 Å². The summed E-state index contributed by atoms with van der Waals surface area (Å²) < 4.78 is 15.8. The summed E-state index contributed by atoms with van der Waals surface area (Å²) in [5.41, 5.74) is 2.16. The number of amides is 2. The molecular weight excluding hydrogens is 491 g/mol. The summed E-state index contributed by atoms with van der Waals surface area (Å²) in [6.07, 6.45) is 2.27. The third kappa shape index (κ3) is 5.57. The molecule has 0 aliphatic rings. The maximum Gasteiger partial charge on any atom is 0.270 e. The molecule has 3 heterocycles. The molecule has 2 atom stereocenters. The minimum absolute atomic E-state index is 0.178. The Morgan fingerprint density at radius 3 is 2.46 bits per heavy atom. The number of imidazole rings is 1. The summed E-state index contributed by atoms with van der Waals surface area (Å²) >= 11 is 1.48. The molecule has 0 saturated heterocycles. The van der Waals surface area contributed by atoms with E-state index in [0.29, 0.717) is 34.6 Å². The molecule has 1 unspecified atom stereocenters. The van der Waals surface area contributed by atoms with Crippen molar-refractivity contribution >= 4 is 28.8 Å². The molecule has 0 radical (unpaired) electrons. The van der Waals surface area contributed by atoms with E-state index in [9.17, 15) is 19.1 Å². The Bertz CT molecular complexity index is 1390. The summed E-state index contributed by atoms with van der Waals surface area (Å²) in [7, 11) is 0. The number of aromatic nitrogens is 2. The molecule has 1 aromatic carbocycles. The predicted octanol–water partition coefficient (Wildman–Crippen LogP) is 5.26. The van der Waals surface area contributed by atoms with Crippen molar-refractivity contribution in [3.8, 4) is 11.3 Å². The number of nitrogens with zero attached hydrogens (tertiary/aromatic N) is 2. The van der Waals surface area contributed by atoms with Crippen LogP contribution in [0.1, 0.15) is 72.1 Å². The number of alkyl halides is 1. The van der Waals surface area contributed by atoms with E-state index < -0.39 is 11.7 Å². The van der Waals surface area contributed by atoms with Gasteiger partial charge in [0.25, 0.3) is 11.8 Å². The molecule has 4 rings (SSSR count). The number of carbonyl (C=O) groups is 2. The predicted molar refractivity (Wildman–Crippen MR) is 144 cm³/mol. The van der Waals surface area contributed by atoms with E-state index >= 15 is 0 Å². The van der Waals surface area contributed by atoms with Crippen LogP contribution in [-0.4, -0.2) is 39.0 Å². The Morgan fingerprint density at radius 2 is 1.86 bits per heavy atom. The summed E-state index contributed by atoms with van der Waals surface area (Å²) in [5, 5.41) is 19.2. The number of aliphatic hydroxyl groups is 1. The van der Waals surface area contributed by atoms with E-state index in [-0.39, 0.29) is 24.5 Å². The monoisotopic (exact) mass is 522 g/mol. The minimum atomic E-state index is -1.44.